The summed E-state index contributed by atoms with van der Waals surface area (Å²) in [4.78, 5) is 12.4. The Bertz CT molecular complexity index is 565. The number of ether oxygens (including phenoxy) is 1. The first kappa shape index (κ1) is 16.8. The molecule has 0 aromatic rings. The van der Waals surface area contributed by atoms with Gasteiger partial charge in [0.1, 0.15) is 0 Å². The van der Waals surface area contributed by atoms with Crippen LogP contribution in [0.4, 0.5) is 0 Å². The van der Waals surface area contributed by atoms with Crippen LogP contribution in [0.2, 0.25) is 0 Å². The molecule has 3 heteroatoms. The van der Waals surface area contributed by atoms with E-state index in [1.165, 1.54) is 12.8 Å². The van der Waals surface area contributed by atoms with Gasteiger partial charge < -0.3 is 9.84 Å². The topological polar surface area (TPSA) is 46.5 Å². The normalized spacial score (nSPS) is 53.4. The van der Waals surface area contributed by atoms with E-state index in [9.17, 15) is 9.90 Å². The van der Waals surface area contributed by atoms with Gasteiger partial charge in [-0.05, 0) is 87.0 Å². The van der Waals surface area contributed by atoms with Crippen LogP contribution in [0.1, 0.15) is 58.8 Å². The lowest BCUT2D eigenvalue weighted by molar-refractivity contribution is -0.170. The molecule has 0 radical (unpaired) electrons. The van der Waals surface area contributed by atoms with Crippen LogP contribution in [0.3, 0.4) is 0 Å². The summed E-state index contributed by atoms with van der Waals surface area (Å²) in [5.74, 6) is 2.58. The first-order chi connectivity index (χ1) is 11.3. The quantitative estimate of drug-likeness (QED) is 0.838. The van der Waals surface area contributed by atoms with Gasteiger partial charge in [0.25, 0.3) is 0 Å². The number of allylic oxidation sites excluding steroid dienone is 2. The van der Waals surface area contributed by atoms with E-state index in [1.807, 2.05) is 20.1 Å². The highest BCUT2D eigenvalue weighted by Gasteiger charge is 2.61. The van der Waals surface area contributed by atoms with Crippen molar-refractivity contribution < 1.29 is 14.6 Å². The summed E-state index contributed by atoms with van der Waals surface area (Å²) in [6.07, 6.45) is 11.5. The van der Waals surface area contributed by atoms with Crippen molar-refractivity contribution in [1.82, 2.24) is 0 Å². The predicted octanol–water partition coefficient (Wildman–Crippen LogP) is 3.75. The number of fused-ring (bicyclic) bond motifs is 5. The number of rotatable bonds is 2. The molecule has 3 fully saturated rings. The molecule has 0 amide bonds. The summed E-state index contributed by atoms with van der Waals surface area (Å²) in [5.41, 5.74) is -0.454. The van der Waals surface area contributed by atoms with Crippen LogP contribution in [-0.4, -0.2) is 30.2 Å². The van der Waals surface area contributed by atoms with Gasteiger partial charge in [0.05, 0.1) is 12.2 Å². The Labute approximate surface area is 145 Å². The highest BCUT2D eigenvalue weighted by atomic mass is 16.5. The number of aliphatic hydroxyl groups is 1. The van der Waals surface area contributed by atoms with Crippen LogP contribution >= 0.6 is 0 Å². The number of carbonyl (C=O) groups excluding carboxylic acids is 1. The minimum Gasteiger partial charge on any atom is -0.390 e. The number of hydrogen-bond donors (Lipinski definition) is 1. The lowest BCUT2D eigenvalue weighted by Gasteiger charge is -2.61. The molecular formula is C21H32O3. The molecule has 134 valence electrons. The maximum atomic E-state index is 12.4. The Morgan fingerprint density at radius 1 is 1.21 bits per heavy atom. The summed E-state index contributed by atoms with van der Waals surface area (Å²) in [7, 11) is 1.83. The first-order valence-corrected chi connectivity index (χ1v) is 9.76. The average Bonchev–Trinajstić information content (AvgIpc) is 2.83. The van der Waals surface area contributed by atoms with E-state index >= 15 is 0 Å². The molecule has 4 aliphatic carbocycles. The van der Waals surface area contributed by atoms with Crippen LogP contribution in [0.25, 0.3) is 0 Å². The maximum Gasteiger partial charge on any atom is 0.161 e. The second-order valence-electron chi connectivity index (χ2n) is 9.62. The van der Waals surface area contributed by atoms with Crippen LogP contribution in [-0.2, 0) is 9.53 Å². The second-order valence-corrected chi connectivity index (χ2v) is 9.62. The molecule has 0 aromatic carbocycles. The largest absolute Gasteiger partial charge is 0.390 e. The van der Waals surface area contributed by atoms with Gasteiger partial charge in [-0.25, -0.2) is 0 Å². The number of methoxy groups -OCH3 is 1. The van der Waals surface area contributed by atoms with Crippen molar-refractivity contribution in [2.75, 3.05) is 13.7 Å². The van der Waals surface area contributed by atoms with E-state index in [-0.39, 0.29) is 10.8 Å². The highest BCUT2D eigenvalue weighted by molar-refractivity contribution is 5.97. The molecule has 1 N–H and O–H groups in total. The van der Waals surface area contributed by atoms with Gasteiger partial charge in [-0.1, -0.05) is 13.0 Å². The zero-order valence-corrected chi connectivity index (χ0v) is 15.4. The van der Waals surface area contributed by atoms with Crippen molar-refractivity contribution in [1.29, 1.82) is 0 Å². The van der Waals surface area contributed by atoms with E-state index in [0.717, 1.165) is 38.7 Å². The molecule has 0 saturated heterocycles. The van der Waals surface area contributed by atoms with Crippen LogP contribution < -0.4 is 0 Å². The molecule has 0 aliphatic heterocycles. The Balaban J connectivity index is 1.68. The monoisotopic (exact) mass is 332 g/mol. The Morgan fingerprint density at radius 3 is 2.75 bits per heavy atom. The molecule has 0 aromatic heterocycles. The maximum absolute atomic E-state index is 12.4. The lowest BCUT2D eigenvalue weighted by atomic mass is 9.44. The van der Waals surface area contributed by atoms with Gasteiger partial charge in [-0.3, -0.25) is 4.79 Å². The van der Waals surface area contributed by atoms with Crippen LogP contribution in [0.15, 0.2) is 12.2 Å². The average molecular weight is 332 g/mol. The summed E-state index contributed by atoms with van der Waals surface area (Å²) in [6, 6.07) is 0. The van der Waals surface area contributed by atoms with Gasteiger partial charge in [0.15, 0.2) is 5.78 Å². The predicted molar refractivity (Wildman–Crippen MR) is 93.5 cm³/mol. The number of ketones is 1. The molecule has 3 saturated carbocycles. The highest BCUT2D eigenvalue weighted by Crippen LogP contribution is 2.65. The van der Waals surface area contributed by atoms with E-state index in [1.54, 1.807) is 0 Å². The molecule has 0 heterocycles. The fraction of sp³-hybridized carbons (Fsp3) is 0.857. The molecule has 4 rings (SSSR count). The molecule has 3 nitrogen and oxygen atoms in total. The standard InChI is InChI=1S/C21H32O3/c1-19(23)10-11-21(13-24-3)14(12-19)4-5-15-16-6-7-18(22)20(16,2)9-8-17(15)21/h6-7,14-17,23H,4-5,8-13H2,1-3H3/t14-,15+,16+,17+,19-,20+,21-/m1/s1. The van der Waals surface area contributed by atoms with Crippen molar-refractivity contribution in [3.63, 3.8) is 0 Å². The van der Waals surface area contributed by atoms with Crippen molar-refractivity contribution in [2.45, 2.75) is 64.4 Å². The Hall–Kier alpha value is -0.670. The van der Waals surface area contributed by atoms with E-state index < -0.39 is 5.60 Å². The van der Waals surface area contributed by atoms with Crippen molar-refractivity contribution >= 4 is 5.78 Å². The summed E-state index contributed by atoms with van der Waals surface area (Å²) >= 11 is 0. The second kappa shape index (κ2) is 5.41. The smallest absolute Gasteiger partial charge is 0.161 e. The summed E-state index contributed by atoms with van der Waals surface area (Å²) < 4.78 is 5.75. The van der Waals surface area contributed by atoms with Crippen LogP contribution in [0, 0.1) is 34.5 Å². The third-order valence-corrected chi connectivity index (χ3v) is 8.33. The van der Waals surface area contributed by atoms with E-state index in [0.29, 0.717) is 29.5 Å². The van der Waals surface area contributed by atoms with Crippen molar-refractivity contribution in [3.05, 3.63) is 12.2 Å². The minimum absolute atomic E-state index is 0.150. The third-order valence-electron chi connectivity index (χ3n) is 8.33. The van der Waals surface area contributed by atoms with Crippen molar-refractivity contribution in [2.24, 2.45) is 34.5 Å². The summed E-state index contributed by atoms with van der Waals surface area (Å²) in [5, 5.41) is 10.6. The Morgan fingerprint density at radius 2 is 2.00 bits per heavy atom. The van der Waals surface area contributed by atoms with E-state index in [4.69, 9.17) is 4.74 Å². The van der Waals surface area contributed by atoms with Crippen molar-refractivity contribution in [3.8, 4) is 0 Å². The molecular weight excluding hydrogens is 300 g/mol. The molecule has 7 atom stereocenters. The lowest BCUT2D eigenvalue weighted by Crippen LogP contribution is -2.58. The van der Waals surface area contributed by atoms with E-state index in [2.05, 4.69) is 13.0 Å². The van der Waals surface area contributed by atoms with Gasteiger partial charge in [0.2, 0.25) is 0 Å². The number of hydrogen-bond acceptors (Lipinski definition) is 3. The Kier molecular flexibility index (Phi) is 3.78. The van der Waals surface area contributed by atoms with Gasteiger partial charge in [0, 0.05) is 12.5 Å². The number of carbonyl (C=O) groups is 1. The molecule has 0 spiro atoms. The molecule has 0 unspecified atom stereocenters. The fourth-order valence-electron chi connectivity index (χ4n) is 7.06. The molecule has 24 heavy (non-hydrogen) atoms. The van der Waals surface area contributed by atoms with Crippen LogP contribution in [0.5, 0.6) is 0 Å². The SMILES string of the molecule is COC[C@]12CC[C@@](C)(O)C[C@H]1CC[C@@H]1[C@@H]2CC[C@]2(C)C(=O)C=C[C@@H]12. The summed E-state index contributed by atoms with van der Waals surface area (Å²) in [6.45, 7) is 5.01. The fourth-order valence-corrected chi connectivity index (χ4v) is 7.06. The van der Waals surface area contributed by atoms with Gasteiger partial charge >= 0.3 is 0 Å². The third kappa shape index (κ3) is 2.20. The zero-order chi connectivity index (χ0) is 17.2. The van der Waals surface area contributed by atoms with Gasteiger partial charge in [-0.2, -0.15) is 0 Å². The zero-order valence-electron chi connectivity index (χ0n) is 15.4. The minimum atomic E-state index is -0.513. The molecule has 4 aliphatic rings. The first-order valence-electron chi connectivity index (χ1n) is 9.76. The van der Waals surface area contributed by atoms with Gasteiger partial charge in [-0.15, -0.1) is 0 Å². The molecule has 0 bridgehead atoms.